The molecule has 0 N–H and O–H groups in total. The third-order valence-electron chi connectivity index (χ3n) is 0.907. The quantitative estimate of drug-likeness (QED) is 0.362. The monoisotopic (exact) mass is 104 g/mol. The minimum Gasteiger partial charge on any atom is -0.782 e. The highest BCUT2D eigenvalue weighted by Gasteiger charge is 2.19. The highest BCUT2D eigenvalue weighted by molar-refractivity contribution is 7.13. The summed E-state index contributed by atoms with van der Waals surface area (Å²) in [7, 11) is 2.11. The second-order valence-electron chi connectivity index (χ2n) is 1.59. The van der Waals surface area contributed by atoms with Gasteiger partial charge in [-0.05, 0) is 12.8 Å². The van der Waals surface area contributed by atoms with Crippen molar-refractivity contribution in [3.8, 4) is 0 Å². The van der Waals surface area contributed by atoms with Gasteiger partial charge in [0.15, 0.2) is 0 Å². The number of nitrogens with zero attached hydrogens (tertiary/aromatic N) is 1. The van der Waals surface area contributed by atoms with Crippen LogP contribution in [0.25, 0.3) is 0 Å². The van der Waals surface area contributed by atoms with Crippen LogP contribution in [0.15, 0.2) is 0 Å². The number of rotatable bonds is 1. The van der Waals surface area contributed by atoms with Crippen molar-refractivity contribution in [3.05, 3.63) is 5.21 Å². The maximum Gasteiger partial charge on any atom is 0.000404 e. The fourth-order valence-corrected chi connectivity index (χ4v) is 0.627. The minimum atomic E-state index is 0.343. The normalized spacial score (nSPS) is 22.5. The Kier molecular flexibility index (Phi) is 1.09. The Labute approximate surface area is 39.4 Å². The van der Waals surface area contributed by atoms with E-state index < -0.39 is 0 Å². The van der Waals surface area contributed by atoms with Crippen LogP contribution in [0.2, 0.25) is 0 Å². The van der Waals surface area contributed by atoms with Gasteiger partial charge in [-0.1, -0.05) is 9.39 Å². The predicted octanol–water partition coefficient (Wildman–Crippen LogP) is 0.739. The number of hydroxylamine groups is 1. The van der Waals surface area contributed by atoms with Crippen LogP contribution in [0, 0.1) is 5.21 Å². The van der Waals surface area contributed by atoms with Gasteiger partial charge >= 0.3 is 0 Å². The van der Waals surface area contributed by atoms with Gasteiger partial charge in [-0.3, -0.25) is 0 Å². The molecule has 1 rings (SSSR count). The molecule has 0 aromatic heterocycles. The van der Waals surface area contributed by atoms with Crippen molar-refractivity contribution in [1.29, 1.82) is 0 Å². The summed E-state index contributed by atoms with van der Waals surface area (Å²) in [6.45, 7) is 0. The highest BCUT2D eigenvalue weighted by Crippen LogP contribution is 2.27. The lowest BCUT2D eigenvalue weighted by Gasteiger charge is -2.19. The van der Waals surface area contributed by atoms with Crippen molar-refractivity contribution < 1.29 is 0 Å². The summed E-state index contributed by atoms with van der Waals surface area (Å²) in [5.74, 6) is 0. The van der Waals surface area contributed by atoms with E-state index in [0.717, 1.165) is 17.7 Å². The Morgan fingerprint density at radius 2 is 2.17 bits per heavy atom. The van der Waals surface area contributed by atoms with Crippen molar-refractivity contribution >= 4 is 9.39 Å². The molecular formula is C3H7NOP-. The Morgan fingerprint density at radius 3 is 2.17 bits per heavy atom. The van der Waals surface area contributed by atoms with Crippen LogP contribution in [-0.4, -0.2) is 10.9 Å². The average Bonchev–Trinajstić information content (AvgIpc) is 2.06. The molecule has 36 valence electrons. The van der Waals surface area contributed by atoms with Gasteiger partial charge < -0.3 is 10.0 Å². The lowest BCUT2D eigenvalue weighted by Crippen LogP contribution is -2.01. The van der Waals surface area contributed by atoms with Gasteiger partial charge in [0.25, 0.3) is 0 Å². The van der Waals surface area contributed by atoms with Gasteiger partial charge in [-0.2, -0.15) is 0 Å². The molecule has 0 aromatic carbocycles. The first-order valence-corrected chi connectivity index (χ1v) is 2.53. The van der Waals surface area contributed by atoms with Crippen LogP contribution in [0.5, 0.6) is 0 Å². The predicted molar refractivity (Wildman–Crippen MR) is 27.9 cm³/mol. The first-order chi connectivity index (χ1) is 2.80. The molecule has 3 heteroatoms. The molecule has 2 nitrogen and oxygen atoms in total. The molecule has 0 saturated heterocycles. The Morgan fingerprint density at radius 1 is 1.67 bits per heavy atom. The van der Waals surface area contributed by atoms with E-state index in [1.54, 1.807) is 0 Å². The summed E-state index contributed by atoms with van der Waals surface area (Å²) in [6, 6.07) is 0.343. The van der Waals surface area contributed by atoms with E-state index in [4.69, 9.17) is 0 Å². The van der Waals surface area contributed by atoms with Crippen molar-refractivity contribution in [2.45, 2.75) is 18.9 Å². The summed E-state index contributed by atoms with van der Waals surface area (Å²) in [4.78, 5) is 0.944. The van der Waals surface area contributed by atoms with Crippen LogP contribution >= 0.6 is 9.39 Å². The fourth-order valence-electron chi connectivity index (χ4n) is 0.329. The van der Waals surface area contributed by atoms with E-state index >= 15 is 0 Å². The molecule has 0 heterocycles. The molecule has 0 aromatic rings. The summed E-state index contributed by atoms with van der Waals surface area (Å²) < 4.78 is 0. The maximum absolute atomic E-state index is 10.1. The molecule has 0 aliphatic heterocycles. The van der Waals surface area contributed by atoms with Gasteiger partial charge in [-0.25, -0.2) is 0 Å². The standard InChI is InChI=1S/C3H7NOP/c5-4(6)3-1-2-3/h3H,1-2,6H2/q-1. The largest absolute Gasteiger partial charge is 0.782 e. The molecule has 6 heavy (non-hydrogen) atoms. The first-order valence-electron chi connectivity index (χ1n) is 2.02. The molecule has 1 aliphatic rings. The summed E-state index contributed by atoms with van der Waals surface area (Å²) >= 11 is 0. The molecule has 0 radical (unpaired) electrons. The SMILES string of the molecule is [O-]N(P)C1CC1. The van der Waals surface area contributed by atoms with Gasteiger partial charge in [0.1, 0.15) is 0 Å². The topological polar surface area (TPSA) is 26.3 Å². The van der Waals surface area contributed by atoms with E-state index in [1.807, 2.05) is 0 Å². The fraction of sp³-hybridized carbons (Fsp3) is 1.00. The van der Waals surface area contributed by atoms with Crippen molar-refractivity contribution in [2.75, 3.05) is 0 Å². The lowest BCUT2D eigenvalue weighted by atomic mass is 10.8. The molecular weight excluding hydrogens is 97.0 g/mol. The van der Waals surface area contributed by atoms with Crippen LogP contribution in [-0.2, 0) is 0 Å². The average molecular weight is 104 g/mol. The van der Waals surface area contributed by atoms with Gasteiger partial charge in [0.05, 0.1) is 0 Å². The molecule has 0 amide bonds. The van der Waals surface area contributed by atoms with Crippen LogP contribution < -0.4 is 0 Å². The van der Waals surface area contributed by atoms with Crippen molar-refractivity contribution in [1.82, 2.24) is 4.83 Å². The summed E-state index contributed by atoms with van der Waals surface area (Å²) in [5.41, 5.74) is 0. The second-order valence-corrected chi connectivity index (χ2v) is 2.10. The molecule has 1 unspecified atom stereocenters. The minimum absolute atomic E-state index is 0.343. The third-order valence-corrected chi connectivity index (χ3v) is 1.33. The molecule has 0 bridgehead atoms. The zero-order valence-corrected chi connectivity index (χ0v) is 4.58. The second kappa shape index (κ2) is 1.45. The van der Waals surface area contributed by atoms with Crippen molar-refractivity contribution in [3.63, 3.8) is 0 Å². The van der Waals surface area contributed by atoms with E-state index in [-0.39, 0.29) is 0 Å². The first kappa shape index (κ1) is 4.51. The zero-order chi connectivity index (χ0) is 4.57. The lowest BCUT2D eigenvalue weighted by molar-refractivity contribution is 0.615. The van der Waals surface area contributed by atoms with Gasteiger partial charge in [0.2, 0.25) is 0 Å². The van der Waals surface area contributed by atoms with Crippen LogP contribution in [0.4, 0.5) is 0 Å². The van der Waals surface area contributed by atoms with Crippen molar-refractivity contribution in [2.24, 2.45) is 0 Å². The molecule has 1 saturated carbocycles. The molecule has 1 atom stereocenters. The van der Waals surface area contributed by atoms with E-state index in [1.165, 1.54) is 0 Å². The third kappa shape index (κ3) is 0.904. The maximum atomic E-state index is 10.1. The zero-order valence-electron chi connectivity index (χ0n) is 3.42. The number of hydrogen-bond acceptors (Lipinski definition) is 2. The molecule has 1 fully saturated rings. The highest BCUT2D eigenvalue weighted by atomic mass is 31.0. The Balaban J connectivity index is 2.13. The summed E-state index contributed by atoms with van der Waals surface area (Å²) in [5, 5.41) is 10.1. The molecule has 0 spiro atoms. The molecule has 1 aliphatic carbocycles. The smallest absolute Gasteiger partial charge is 0.000404 e. The van der Waals surface area contributed by atoms with E-state index in [0.29, 0.717) is 6.04 Å². The van der Waals surface area contributed by atoms with E-state index in [2.05, 4.69) is 9.39 Å². The number of hydrogen-bond donors (Lipinski definition) is 0. The van der Waals surface area contributed by atoms with Gasteiger partial charge in [-0.15, -0.1) is 0 Å². The van der Waals surface area contributed by atoms with Crippen LogP contribution in [0.1, 0.15) is 12.8 Å². The Hall–Kier alpha value is 0.350. The van der Waals surface area contributed by atoms with E-state index in [9.17, 15) is 5.21 Å². The Bertz CT molecular complexity index is 52.8. The van der Waals surface area contributed by atoms with Crippen LogP contribution in [0.3, 0.4) is 0 Å². The summed E-state index contributed by atoms with van der Waals surface area (Å²) in [6.07, 6.45) is 2.18. The van der Waals surface area contributed by atoms with Gasteiger partial charge in [0, 0.05) is 6.04 Å².